The van der Waals surface area contributed by atoms with Crippen LogP contribution in [-0.4, -0.2) is 59.7 Å². The summed E-state index contributed by atoms with van der Waals surface area (Å²) < 4.78 is 12.2. The SMILES string of the molecule is CC(C)(C)OC(=O)NC1CCN(c2nc(Nc3ncc4c5ccncc5n(C5CCCC5)c4n3)ns2)CC1. The highest BCUT2D eigenvalue weighted by Gasteiger charge is 2.26. The van der Waals surface area contributed by atoms with Crippen molar-refractivity contribution in [2.45, 2.75) is 77.0 Å². The molecule has 11 nitrogen and oxygen atoms in total. The summed E-state index contributed by atoms with van der Waals surface area (Å²) in [4.78, 5) is 32.9. The van der Waals surface area contributed by atoms with E-state index in [4.69, 9.17) is 14.7 Å². The van der Waals surface area contributed by atoms with Gasteiger partial charge in [-0.15, -0.1) is 0 Å². The van der Waals surface area contributed by atoms with Crippen molar-refractivity contribution in [1.29, 1.82) is 0 Å². The van der Waals surface area contributed by atoms with Crippen LogP contribution in [-0.2, 0) is 4.74 Å². The van der Waals surface area contributed by atoms with Crippen LogP contribution in [0.5, 0.6) is 0 Å². The van der Waals surface area contributed by atoms with Crippen LogP contribution in [0.25, 0.3) is 21.9 Å². The molecule has 2 fully saturated rings. The maximum Gasteiger partial charge on any atom is 0.407 e. The molecule has 0 unspecified atom stereocenters. The maximum atomic E-state index is 12.1. The van der Waals surface area contributed by atoms with Gasteiger partial charge in [-0.2, -0.15) is 14.3 Å². The van der Waals surface area contributed by atoms with E-state index >= 15 is 0 Å². The fraction of sp³-hybridized carbons (Fsp3) is 0.538. The molecule has 2 aliphatic rings. The number of amides is 1. The summed E-state index contributed by atoms with van der Waals surface area (Å²) in [5.41, 5.74) is 1.53. The average Bonchev–Trinajstić information content (AvgIpc) is 3.62. The third-order valence-electron chi connectivity index (χ3n) is 7.16. The summed E-state index contributed by atoms with van der Waals surface area (Å²) >= 11 is 1.35. The van der Waals surface area contributed by atoms with Crippen LogP contribution < -0.4 is 15.5 Å². The highest BCUT2D eigenvalue weighted by molar-refractivity contribution is 7.09. The number of pyridine rings is 1. The van der Waals surface area contributed by atoms with E-state index in [2.05, 4.69) is 34.4 Å². The van der Waals surface area contributed by atoms with E-state index in [1.54, 1.807) is 0 Å². The summed E-state index contributed by atoms with van der Waals surface area (Å²) in [5.74, 6) is 0.973. The second-order valence-corrected chi connectivity index (χ2v) is 11.8. The van der Waals surface area contributed by atoms with Crippen LogP contribution in [0, 0.1) is 0 Å². The lowest BCUT2D eigenvalue weighted by atomic mass is 10.1. The van der Waals surface area contributed by atoms with Crippen molar-refractivity contribution in [1.82, 2.24) is 34.2 Å². The minimum atomic E-state index is -0.501. The maximum absolute atomic E-state index is 12.1. The van der Waals surface area contributed by atoms with E-state index < -0.39 is 5.60 Å². The number of alkyl carbamates (subject to hydrolysis) is 1. The van der Waals surface area contributed by atoms with Gasteiger partial charge in [-0.25, -0.2) is 9.78 Å². The van der Waals surface area contributed by atoms with Gasteiger partial charge in [0.15, 0.2) is 0 Å². The lowest BCUT2D eigenvalue weighted by Gasteiger charge is -2.32. The molecule has 5 heterocycles. The van der Waals surface area contributed by atoms with E-state index in [1.165, 1.54) is 24.4 Å². The molecule has 12 heteroatoms. The summed E-state index contributed by atoms with van der Waals surface area (Å²) in [7, 11) is 0. The first kappa shape index (κ1) is 24.8. The molecule has 38 heavy (non-hydrogen) atoms. The van der Waals surface area contributed by atoms with Crippen molar-refractivity contribution in [3.8, 4) is 0 Å². The van der Waals surface area contributed by atoms with Crippen molar-refractivity contribution < 1.29 is 9.53 Å². The van der Waals surface area contributed by atoms with Crippen molar-refractivity contribution in [2.24, 2.45) is 0 Å². The number of carbonyl (C=O) groups is 1. The first-order chi connectivity index (χ1) is 18.3. The Balaban J connectivity index is 1.14. The van der Waals surface area contributed by atoms with Gasteiger partial charge < -0.3 is 19.5 Å². The second-order valence-electron chi connectivity index (χ2n) is 11.1. The highest BCUT2D eigenvalue weighted by Crippen LogP contribution is 2.37. The van der Waals surface area contributed by atoms with Crippen molar-refractivity contribution in [2.75, 3.05) is 23.3 Å². The van der Waals surface area contributed by atoms with Gasteiger partial charge in [0.2, 0.25) is 17.0 Å². The molecule has 6 rings (SSSR count). The number of carbonyl (C=O) groups excluding carboxylic acids is 1. The Morgan fingerprint density at radius 2 is 1.84 bits per heavy atom. The van der Waals surface area contributed by atoms with Gasteiger partial charge in [-0.1, -0.05) is 12.8 Å². The quantitative estimate of drug-likeness (QED) is 0.356. The standard InChI is InChI=1S/C26H33N9O2S/c1-26(2,3)37-25(36)29-16-9-12-34(13-10-16)24-32-23(33-38-24)31-22-28-14-19-18-8-11-27-15-20(18)35(21(19)30-22)17-6-4-5-7-17/h8,11,14-17H,4-7,9-10,12-13H2,1-3H3,(H,29,36)(H,28,30,31,33). The third-order valence-corrected chi connectivity index (χ3v) is 7.94. The fourth-order valence-corrected chi connectivity index (χ4v) is 6.12. The van der Waals surface area contributed by atoms with E-state index in [-0.39, 0.29) is 12.1 Å². The van der Waals surface area contributed by atoms with Gasteiger partial charge in [0.1, 0.15) is 11.2 Å². The van der Waals surface area contributed by atoms with Crippen LogP contribution in [0.2, 0.25) is 0 Å². The van der Waals surface area contributed by atoms with Crippen LogP contribution in [0.3, 0.4) is 0 Å². The zero-order valence-corrected chi connectivity index (χ0v) is 22.8. The first-order valence-corrected chi connectivity index (χ1v) is 14.1. The van der Waals surface area contributed by atoms with Crippen LogP contribution in [0.4, 0.5) is 21.8 Å². The molecular formula is C26H33N9O2S. The summed E-state index contributed by atoms with van der Waals surface area (Å²) in [6.07, 6.45) is 11.7. The summed E-state index contributed by atoms with van der Waals surface area (Å²) in [6, 6.07) is 2.56. The van der Waals surface area contributed by atoms with Gasteiger partial charge in [0, 0.05) is 59.9 Å². The zero-order valence-electron chi connectivity index (χ0n) is 22.0. The summed E-state index contributed by atoms with van der Waals surface area (Å²) in [6.45, 7) is 7.17. The number of piperidine rings is 1. The Bertz CT molecular complexity index is 1450. The Hall–Kier alpha value is -3.54. The molecule has 1 aliphatic carbocycles. The number of rotatable bonds is 5. The Morgan fingerprint density at radius 1 is 1.05 bits per heavy atom. The smallest absolute Gasteiger partial charge is 0.407 e. The normalized spacial score (nSPS) is 17.4. The predicted octanol–water partition coefficient (Wildman–Crippen LogP) is 5.18. The number of anilines is 3. The topological polar surface area (TPSA) is 123 Å². The molecule has 1 aliphatic heterocycles. The molecule has 0 radical (unpaired) electrons. The van der Waals surface area contributed by atoms with Crippen molar-refractivity contribution in [3.05, 3.63) is 24.7 Å². The van der Waals surface area contributed by atoms with E-state index in [1.807, 2.05) is 45.4 Å². The van der Waals surface area contributed by atoms with Gasteiger partial charge in [-0.3, -0.25) is 10.3 Å². The second kappa shape index (κ2) is 9.97. The Kier molecular flexibility index (Phi) is 6.50. The van der Waals surface area contributed by atoms with Gasteiger partial charge >= 0.3 is 6.09 Å². The zero-order chi connectivity index (χ0) is 26.3. The minimum absolute atomic E-state index is 0.0913. The molecule has 2 N–H and O–H groups in total. The number of ether oxygens (including phenoxy) is 1. The molecule has 1 saturated carbocycles. The first-order valence-electron chi connectivity index (χ1n) is 13.3. The number of hydrogen-bond acceptors (Lipinski definition) is 10. The molecule has 0 aromatic carbocycles. The predicted molar refractivity (Wildman–Crippen MR) is 148 cm³/mol. The van der Waals surface area contributed by atoms with Gasteiger partial charge in [0.05, 0.1) is 11.7 Å². The number of aromatic nitrogens is 6. The van der Waals surface area contributed by atoms with Crippen LogP contribution >= 0.6 is 11.5 Å². The van der Waals surface area contributed by atoms with Gasteiger partial charge in [-0.05, 0) is 52.5 Å². The van der Waals surface area contributed by atoms with Crippen LogP contribution in [0.1, 0.15) is 65.3 Å². The van der Waals surface area contributed by atoms with E-state index in [0.717, 1.165) is 65.8 Å². The largest absolute Gasteiger partial charge is 0.444 e. The molecule has 0 spiro atoms. The molecule has 200 valence electrons. The molecule has 4 aromatic rings. The van der Waals surface area contributed by atoms with Crippen molar-refractivity contribution in [3.63, 3.8) is 0 Å². The lowest BCUT2D eigenvalue weighted by molar-refractivity contribution is 0.0497. The molecule has 1 amide bonds. The number of nitrogens with one attached hydrogen (secondary N) is 2. The van der Waals surface area contributed by atoms with E-state index in [0.29, 0.717) is 17.9 Å². The fourth-order valence-electron chi connectivity index (χ4n) is 5.44. The Morgan fingerprint density at radius 3 is 2.61 bits per heavy atom. The minimum Gasteiger partial charge on any atom is -0.444 e. The molecule has 1 saturated heterocycles. The summed E-state index contributed by atoms with van der Waals surface area (Å²) in [5, 5.41) is 9.20. The average molecular weight is 536 g/mol. The molecular weight excluding hydrogens is 502 g/mol. The highest BCUT2D eigenvalue weighted by atomic mass is 32.1. The van der Waals surface area contributed by atoms with Crippen LogP contribution in [0.15, 0.2) is 24.7 Å². The van der Waals surface area contributed by atoms with Gasteiger partial charge in [0.25, 0.3) is 0 Å². The molecule has 0 bridgehead atoms. The molecule has 0 atom stereocenters. The van der Waals surface area contributed by atoms with Crippen molar-refractivity contribution >= 4 is 56.6 Å². The number of nitrogens with zero attached hydrogens (tertiary/aromatic N) is 7. The Labute approximate surface area is 225 Å². The number of fused-ring (bicyclic) bond motifs is 3. The monoisotopic (exact) mass is 535 g/mol. The third kappa shape index (κ3) is 5.09. The number of hydrogen-bond donors (Lipinski definition) is 2. The van der Waals surface area contributed by atoms with E-state index in [9.17, 15) is 4.79 Å². The lowest BCUT2D eigenvalue weighted by Crippen LogP contribution is -2.46. The molecule has 4 aromatic heterocycles.